The van der Waals surface area contributed by atoms with Gasteiger partial charge in [-0.15, -0.1) is 0 Å². The number of β-amino-alcohol motifs (C(OH)–C–C–N with tert-alkyl or cyclic N) is 1. The summed E-state index contributed by atoms with van der Waals surface area (Å²) in [5.74, 6) is 1.68. The van der Waals surface area contributed by atoms with Crippen molar-refractivity contribution in [2.75, 3.05) is 19.6 Å². The highest BCUT2D eigenvalue weighted by Gasteiger charge is 2.17. The maximum absolute atomic E-state index is 10.4. The highest BCUT2D eigenvalue weighted by Crippen LogP contribution is 2.22. The first-order chi connectivity index (χ1) is 10.0. The highest BCUT2D eigenvalue weighted by molar-refractivity contribution is 5.28. The molecule has 0 bridgehead atoms. The molecule has 1 heterocycles. The SMILES string of the molecule is CC1CCCN(CC(O)c2ccc(OC(C)C)cc2)CC1. The maximum Gasteiger partial charge on any atom is 0.119 e. The van der Waals surface area contributed by atoms with E-state index >= 15 is 0 Å². The Kier molecular flexibility index (Phi) is 6.07. The topological polar surface area (TPSA) is 32.7 Å². The first kappa shape index (κ1) is 16.3. The molecule has 0 amide bonds. The summed E-state index contributed by atoms with van der Waals surface area (Å²) in [6, 6.07) is 7.84. The zero-order valence-corrected chi connectivity index (χ0v) is 13.6. The van der Waals surface area contributed by atoms with E-state index in [2.05, 4.69) is 11.8 Å². The Morgan fingerprint density at radius 3 is 2.57 bits per heavy atom. The molecule has 1 aromatic carbocycles. The van der Waals surface area contributed by atoms with E-state index in [4.69, 9.17) is 4.74 Å². The van der Waals surface area contributed by atoms with Gasteiger partial charge in [-0.25, -0.2) is 0 Å². The molecule has 1 aliphatic rings. The van der Waals surface area contributed by atoms with Crippen molar-refractivity contribution in [1.82, 2.24) is 4.90 Å². The maximum atomic E-state index is 10.4. The average Bonchev–Trinajstić information content (AvgIpc) is 2.64. The summed E-state index contributed by atoms with van der Waals surface area (Å²) in [6.07, 6.45) is 3.57. The Bertz CT molecular complexity index is 416. The Morgan fingerprint density at radius 2 is 1.90 bits per heavy atom. The zero-order chi connectivity index (χ0) is 15.2. The van der Waals surface area contributed by atoms with Crippen LogP contribution in [-0.4, -0.2) is 35.7 Å². The van der Waals surface area contributed by atoms with Gasteiger partial charge in [-0.05, 0) is 69.8 Å². The fraction of sp³-hybridized carbons (Fsp3) is 0.667. The number of nitrogens with zero attached hydrogens (tertiary/aromatic N) is 1. The van der Waals surface area contributed by atoms with Crippen molar-refractivity contribution in [3.63, 3.8) is 0 Å². The molecule has 1 saturated heterocycles. The third kappa shape index (κ3) is 5.33. The van der Waals surface area contributed by atoms with Crippen molar-refractivity contribution in [1.29, 1.82) is 0 Å². The molecule has 2 rings (SSSR count). The zero-order valence-electron chi connectivity index (χ0n) is 13.6. The lowest BCUT2D eigenvalue weighted by molar-refractivity contribution is 0.114. The third-order valence-electron chi connectivity index (χ3n) is 4.18. The Balaban J connectivity index is 1.88. The second-order valence-corrected chi connectivity index (χ2v) is 6.59. The number of aliphatic hydroxyl groups is 1. The summed E-state index contributed by atoms with van der Waals surface area (Å²) in [7, 11) is 0. The van der Waals surface area contributed by atoms with Crippen molar-refractivity contribution < 1.29 is 9.84 Å². The Morgan fingerprint density at radius 1 is 1.19 bits per heavy atom. The number of benzene rings is 1. The summed E-state index contributed by atoms with van der Waals surface area (Å²) in [5.41, 5.74) is 0.975. The molecule has 21 heavy (non-hydrogen) atoms. The van der Waals surface area contributed by atoms with Gasteiger partial charge in [0.2, 0.25) is 0 Å². The molecule has 1 aromatic rings. The van der Waals surface area contributed by atoms with Gasteiger partial charge >= 0.3 is 0 Å². The predicted octanol–water partition coefficient (Wildman–Crippen LogP) is 3.63. The van der Waals surface area contributed by atoms with Crippen LogP contribution in [-0.2, 0) is 0 Å². The lowest BCUT2D eigenvalue weighted by Crippen LogP contribution is -2.29. The molecule has 118 valence electrons. The monoisotopic (exact) mass is 291 g/mol. The van der Waals surface area contributed by atoms with Crippen LogP contribution in [0.3, 0.4) is 0 Å². The first-order valence-electron chi connectivity index (χ1n) is 8.21. The van der Waals surface area contributed by atoms with Crippen LogP contribution in [0.15, 0.2) is 24.3 Å². The van der Waals surface area contributed by atoms with Gasteiger partial charge in [-0.3, -0.25) is 0 Å². The third-order valence-corrected chi connectivity index (χ3v) is 4.18. The van der Waals surface area contributed by atoms with Crippen molar-refractivity contribution in [2.24, 2.45) is 5.92 Å². The molecule has 0 radical (unpaired) electrons. The van der Waals surface area contributed by atoms with Crippen LogP contribution in [0.1, 0.15) is 51.7 Å². The summed E-state index contributed by atoms with van der Waals surface area (Å²) in [6.45, 7) is 9.30. The number of aliphatic hydroxyl groups excluding tert-OH is 1. The highest BCUT2D eigenvalue weighted by atomic mass is 16.5. The van der Waals surface area contributed by atoms with Gasteiger partial charge in [0.15, 0.2) is 0 Å². The van der Waals surface area contributed by atoms with E-state index in [1.807, 2.05) is 38.1 Å². The van der Waals surface area contributed by atoms with Gasteiger partial charge in [-0.2, -0.15) is 0 Å². The van der Waals surface area contributed by atoms with E-state index in [1.54, 1.807) is 0 Å². The van der Waals surface area contributed by atoms with Crippen LogP contribution >= 0.6 is 0 Å². The van der Waals surface area contributed by atoms with E-state index < -0.39 is 6.10 Å². The minimum atomic E-state index is -0.411. The normalized spacial score (nSPS) is 22.0. The predicted molar refractivity (Wildman–Crippen MR) is 86.6 cm³/mol. The molecule has 2 unspecified atom stereocenters. The van der Waals surface area contributed by atoms with Crippen LogP contribution in [0.4, 0.5) is 0 Å². The van der Waals surface area contributed by atoms with E-state index in [9.17, 15) is 5.11 Å². The van der Waals surface area contributed by atoms with E-state index in [1.165, 1.54) is 19.3 Å². The molecule has 2 atom stereocenters. The van der Waals surface area contributed by atoms with E-state index in [0.29, 0.717) is 0 Å². The minimum absolute atomic E-state index is 0.180. The number of hydrogen-bond acceptors (Lipinski definition) is 3. The van der Waals surface area contributed by atoms with E-state index in [-0.39, 0.29) is 6.10 Å². The molecule has 1 fully saturated rings. The van der Waals surface area contributed by atoms with Gasteiger partial charge in [0.25, 0.3) is 0 Å². The van der Waals surface area contributed by atoms with Crippen molar-refractivity contribution in [2.45, 2.75) is 52.2 Å². The first-order valence-corrected chi connectivity index (χ1v) is 8.21. The van der Waals surface area contributed by atoms with Crippen LogP contribution in [0.5, 0.6) is 5.75 Å². The van der Waals surface area contributed by atoms with Gasteiger partial charge < -0.3 is 14.7 Å². The van der Waals surface area contributed by atoms with Gasteiger partial charge in [0.05, 0.1) is 12.2 Å². The summed E-state index contributed by atoms with van der Waals surface area (Å²) >= 11 is 0. The van der Waals surface area contributed by atoms with Crippen molar-refractivity contribution in [3.05, 3.63) is 29.8 Å². The molecule has 0 aliphatic carbocycles. The summed E-state index contributed by atoms with van der Waals surface area (Å²) < 4.78 is 5.64. The smallest absolute Gasteiger partial charge is 0.119 e. The van der Waals surface area contributed by atoms with E-state index in [0.717, 1.165) is 36.9 Å². The largest absolute Gasteiger partial charge is 0.491 e. The quantitative estimate of drug-likeness (QED) is 0.899. The van der Waals surface area contributed by atoms with Gasteiger partial charge in [-0.1, -0.05) is 19.1 Å². The molecule has 0 saturated carbocycles. The van der Waals surface area contributed by atoms with Gasteiger partial charge in [0, 0.05) is 6.54 Å². The van der Waals surface area contributed by atoms with Crippen LogP contribution in [0, 0.1) is 5.92 Å². The number of rotatable bonds is 5. The second-order valence-electron chi connectivity index (χ2n) is 6.59. The van der Waals surface area contributed by atoms with Crippen molar-refractivity contribution in [3.8, 4) is 5.75 Å². The fourth-order valence-electron chi connectivity index (χ4n) is 2.90. The number of ether oxygens (including phenoxy) is 1. The van der Waals surface area contributed by atoms with Crippen molar-refractivity contribution >= 4 is 0 Å². The molecule has 0 spiro atoms. The van der Waals surface area contributed by atoms with Crippen LogP contribution in [0.2, 0.25) is 0 Å². The lowest BCUT2D eigenvalue weighted by atomic mass is 10.0. The molecule has 3 heteroatoms. The van der Waals surface area contributed by atoms with Crippen LogP contribution in [0.25, 0.3) is 0 Å². The molecule has 0 aromatic heterocycles. The average molecular weight is 291 g/mol. The second kappa shape index (κ2) is 7.81. The summed E-state index contributed by atoms with van der Waals surface area (Å²) in [5, 5.41) is 10.4. The summed E-state index contributed by atoms with van der Waals surface area (Å²) in [4.78, 5) is 2.40. The standard InChI is InChI=1S/C18H29NO2/c1-14(2)21-17-8-6-16(7-9-17)18(20)13-19-11-4-5-15(3)10-12-19/h6-9,14-15,18,20H,4-5,10-13H2,1-3H3. The molecule has 1 N–H and O–H groups in total. The number of hydrogen-bond donors (Lipinski definition) is 1. The molecular formula is C18H29NO2. The minimum Gasteiger partial charge on any atom is -0.491 e. The lowest BCUT2D eigenvalue weighted by Gasteiger charge is -2.23. The Labute approximate surface area is 128 Å². The Hall–Kier alpha value is -1.06. The van der Waals surface area contributed by atoms with Crippen LogP contribution < -0.4 is 4.74 Å². The molecule has 1 aliphatic heterocycles. The molecule has 3 nitrogen and oxygen atoms in total. The van der Waals surface area contributed by atoms with Gasteiger partial charge in [0.1, 0.15) is 5.75 Å². The fourth-order valence-corrected chi connectivity index (χ4v) is 2.90. The number of likely N-dealkylation sites (tertiary alicyclic amines) is 1. The molecular weight excluding hydrogens is 262 g/mol.